The molecule has 12 rings (SSSR count). The Morgan fingerprint density at radius 1 is 0.407 bits per heavy atom. The number of nitrogens with zero attached hydrogens (tertiary/aromatic N) is 4. The zero-order valence-corrected chi connectivity index (χ0v) is 32.5. The molecule has 0 bridgehead atoms. The van der Waals surface area contributed by atoms with Gasteiger partial charge in [0.1, 0.15) is 11.2 Å². The summed E-state index contributed by atoms with van der Waals surface area (Å²) in [6, 6.07) is 64.1. The van der Waals surface area contributed by atoms with Gasteiger partial charge in [-0.25, -0.2) is 4.98 Å². The molecule has 0 unspecified atom stereocenters. The zero-order chi connectivity index (χ0) is 39.2. The molecular formula is C54H36N4O. The lowest BCUT2D eigenvalue weighted by atomic mass is 9.82. The minimum Gasteiger partial charge on any atom is -0.455 e. The molecule has 278 valence electrons. The van der Waals surface area contributed by atoms with Crippen LogP contribution < -0.4 is 0 Å². The molecule has 5 heteroatoms. The van der Waals surface area contributed by atoms with E-state index in [0.717, 1.165) is 77.1 Å². The normalized spacial score (nSPS) is 13.1. The number of aromatic nitrogens is 4. The Bertz CT molecular complexity index is 3450. The highest BCUT2D eigenvalue weighted by molar-refractivity contribution is 6.14. The van der Waals surface area contributed by atoms with Gasteiger partial charge in [0.2, 0.25) is 5.95 Å². The van der Waals surface area contributed by atoms with Gasteiger partial charge in [-0.1, -0.05) is 172 Å². The molecule has 8 aromatic carbocycles. The fourth-order valence-electron chi connectivity index (χ4n) is 9.33. The van der Waals surface area contributed by atoms with Gasteiger partial charge in [0.25, 0.3) is 0 Å². The number of hydrogen-bond acceptors (Lipinski definition) is 4. The maximum atomic E-state index is 6.87. The maximum Gasteiger partial charge on any atom is 0.238 e. The van der Waals surface area contributed by atoms with Crippen LogP contribution in [0.2, 0.25) is 0 Å². The number of hydrogen-bond donors (Lipinski definition) is 0. The maximum absolute atomic E-state index is 6.87. The van der Waals surface area contributed by atoms with E-state index in [1.807, 2.05) is 36.4 Å². The van der Waals surface area contributed by atoms with E-state index in [-0.39, 0.29) is 5.41 Å². The summed E-state index contributed by atoms with van der Waals surface area (Å²) >= 11 is 0. The first kappa shape index (κ1) is 33.5. The van der Waals surface area contributed by atoms with Gasteiger partial charge in [-0.3, -0.25) is 4.57 Å². The molecule has 0 saturated carbocycles. The van der Waals surface area contributed by atoms with Crippen LogP contribution in [-0.2, 0) is 5.41 Å². The Morgan fingerprint density at radius 2 is 1.00 bits per heavy atom. The van der Waals surface area contributed by atoms with Gasteiger partial charge in [-0.15, -0.1) is 0 Å². The van der Waals surface area contributed by atoms with Gasteiger partial charge in [-0.2, -0.15) is 9.97 Å². The van der Waals surface area contributed by atoms with E-state index in [1.54, 1.807) is 0 Å². The number of para-hydroxylation sites is 2. The van der Waals surface area contributed by atoms with Crippen LogP contribution in [0.1, 0.15) is 25.0 Å². The molecule has 1 aliphatic rings. The summed E-state index contributed by atoms with van der Waals surface area (Å²) < 4.78 is 9.06. The molecule has 0 fully saturated rings. The lowest BCUT2D eigenvalue weighted by Gasteiger charge is -2.21. The second-order valence-corrected chi connectivity index (χ2v) is 16.0. The summed E-state index contributed by atoms with van der Waals surface area (Å²) in [5, 5.41) is 4.49. The SMILES string of the molecule is CC1(C)c2ccccc2-c2cc3c(cc21)oc1c(-c2ccc4c5ccccc5n(-c5nc(-c6ccccc6)nc(-c6ccc(-c7ccccc7)cc6)n5)c4c2)cccc13. The van der Waals surface area contributed by atoms with Crippen molar-refractivity contribution in [3.8, 4) is 62.1 Å². The third-order valence-electron chi connectivity index (χ3n) is 12.3. The molecular weight excluding hydrogens is 721 g/mol. The van der Waals surface area contributed by atoms with Gasteiger partial charge in [-0.05, 0) is 63.2 Å². The monoisotopic (exact) mass is 756 g/mol. The molecule has 3 aromatic heterocycles. The van der Waals surface area contributed by atoms with Crippen molar-refractivity contribution in [3.63, 3.8) is 0 Å². The first-order valence-electron chi connectivity index (χ1n) is 20.1. The van der Waals surface area contributed by atoms with Crippen molar-refractivity contribution >= 4 is 43.7 Å². The Hall–Kier alpha value is -7.63. The smallest absolute Gasteiger partial charge is 0.238 e. The summed E-state index contributed by atoms with van der Waals surface area (Å²) in [4.78, 5) is 15.5. The van der Waals surface area contributed by atoms with E-state index in [2.05, 4.69) is 164 Å². The highest BCUT2D eigenvalue weighted by Crippen LogP contribution is 2.51. The van der Waals surface area contributed by atoms with Gasteiger partial charge in [0.05, 0.1) is 11.0 Å². The van der Waals surface area contributed by atoms with Crippen molar-refractivity contribution < 1.29 is 4.42 Å². The Balaban J connectivity index is 1.05. The highest BCUT2D eigenvalue weighted by atomic mass is 16.3. The summed E-state index contributed by atoms with van der Waals surface area (Å²) in [6.07, 6.45) is 0. The zero-order valence-electron chi connectivity index (χ0n) is 32.5. The molecule has 0 atom stereocenters. The molecule has 0 radical (unpaired) electrons. The molecule has 59 heavy (non-hydrogen) atoms. The quantitative estimate of drug-likeness (QED) is 0.175. The molecule has 0 aliphatic heterocycles. The van der Waals surface area contributed by atoms with Crippen LogP contribution in [0.5, 0.6) is 0 Å². The summed E-state index contributed by atoms with van der Waals surface area (Å²) in [7, 11) is 0. The lowest BCUT2D eigenvalue weighted by molar-refractivity contribution is 0.648. The number of furan rings is 1. The van der Waals surface area contributed by atoms with Crippen LogP contribution in [0.4, 0.5) is 0 Å². The Morgan fingerprint density at radius 3 is 1.80 bits per heavy atom. The van der Waals surface area contributed by atoms with Crippen molar-refractivity contribution in [1.29, 1.82) is 0 Å². The predicted molar refractivity (Wildman–Crippen MR) is 241 cm³/mol. The molecule has 0 amide bonds. The summed E-state index contributed by atoms with van der Waals surface area (Å²) in [5.41, 5.74) is 15.2. The average Bonchev–Trinajstić information content (AvgIpc) is 3.91. The molecule has 0 spiro atoms. The fourth-order valence-corrected chi connectivity index (χ4v) is 9.33. The van der Waals surface area contributed by atoms with Gasteiger partial charge in [0.15, 0.2) is 11.6 Å². The van der Waals surface area contributed by atoms with Crippen LogP contribution in [0.25, 0.3) is 106 Å². The van der Waals surface area contributed by atoms with Crippen LogP contribution >= 0.6 is 0 Å². The third-order valence-corrected chi connectivity index (χ3v) is 12.3. The first-order chi connectivity index (χ1) is 29.0. The molecule has 0 N–H and O–H groups in total. The van der Waals surface area contributed by atoms with Crippen molar-refractivity contribution in [2.45, 2.75) is 19.3 Å². The molecule has 11 aromatic rings. The van der Waals surface area contributed by atoms with Crippen LogP contribution in [0, 0.1) is 0 Å². The van der Waals surface area contributed by atoms with Crippen LogP contribution in [0.3, 0.4) is 0 Å². The highest BCUT2D eigenvalue weighted by Gasteiger charge is 2.36. The molecule has 5 nitrogen and oxygen atoms in total. The average molecular weight is 757 g/mol. The predicted octanol–water partition coefficient (Wildman–Crippen LogP) is 13.8. The van der Waals surface area contributed by atoms with E-state index >= 15 is 0 Å². The van der Waals surface area contributed by atoms with Gasteiger partial charge in [0, 0.05) is 43.7 Å². The van der Waals surface area contributed by atoms with E-state index < -0.39 is 0 Å². The van der Waals surface area contributed by atoms with Gasteiger partial charge >= 0.3 is 0 Å². The second-order valence-electron chi connectivity index (χ2n) is 16.0. The number of benzene rings is 8. The minimum absolute atomic E-state index is 0.110. The lowest BCUT2D eigenvalue weighted by Crippen LogP contribution is -2.14. The largest absolute Gasteiger partial charge is 0.455 e. The topological polar surface area (TPSA) is 56.7 Å². The number of fused-ring (bicyclic) bond motifs is 9. The first-order valence-corrected chi connectivity index (χ1v) is 20.1. The minimum atomic E-state index is -0.110. The second kappa shape index (κ2) is 12.7. The molecule has 3 heterocycles. The summed E-state index contributed by atoms with van der Waals surface area (Å²) in [6.45, 7) is 4.62. The van der Waals surface area contributed by atoms with E-state index in [1.165, 1.54) is 22.3 Å². The fraction of sp³-hybridized carbons (Fsp3) is 0.0556. The molecule has 0 saturated heterocycles. The van der Waals surface area contributed by atoms with Crippen molar-refractivity contribution in [3.05, 3.63) is 193 Å². The van der Waals surface area contributed by atoms with E-state index in [9.17, 15) is 0 Å². The Labute approximate surface area is 340 Å². The molecule has 1 aliphatic carbocycles. The van der Waals surface area contributed by atoms with Crippen molar-refractivity contribution in [1.82, 2.24) is 19.5 Å². The van der Waals surface area contributed by atoms with E-state index in [4.69, 9.17) is 19.4 Å². The van der Waals surface area contributed by atoms with Crippen molar-refractivity contribution in [2.24, 2.45) is 0 Å². The standard InChI is InChI=1S/C54H36N4O/c1-54(2)45-22-11-9-18-39(45)43-31-44-42-21-13-20-38(50(42)59-49(44)32-46(43)54)37-28-29-41-40-19-10-12-23-47(40)58(48(41)30-37)53-56-51(35-16-7-4-8-17-35)55-52(57-53)36-26-24-34(25-27-36)33-14-5-3-6-15-33/h3-32H,1-2H3. The number of rotatable bonds is 5. The van der Waals surface area contributed by atoms with Crippen molar-refractivity contribution in [2.75, 3.05) is 0 Å². The van der Waals surface area contributed by atoms with Gasteiger partial charge < -0.3 is 4.42 Å². The third kappa shape index (κ3) is 5.14. The van der Waals surface area contributed by atoms with Crippen LogP contribution in [0.15, 0.2) is 186 Å². The Kier molecular flexibility index (Phi) is 7.20. The van der Waals surface area contributed by atoms with Crippen LogP contribution in [-0.4, -0.2) is 19.5 Å². The van der Waals surface area contributed by atoms with E-state index in [0.29, 0.717) is 17.6 Å². The summed E-state index contributed by atoms with van der Waals surface area (Å²) in [5.74, 6) is 1.79.